The Bertz CT molecular complexity index is 500. The molecule has 1 unspecified atom stereocenters. The van der Waals surface area contributed by atoms with E-state index in [0.29, 0.717) is 11.6 Å². The minimum absolute atomic E-state index is 0.311. The van der Waals surface area contributed by atoms with Gasteiger partial charge in [-0.2, -0.15) is 0 Å². The van der Waals surface area contributed by atoms with Gasteiger partial charge in [0.2, 0.25) is 0 Å². The van der Waals surface area contributed by atoms with Crippen molar-refractivity contribution in [3.05, 3.63) is 27.7 Å². The van der Waals surface area contributed by atoms with Gasteiger partial charge in [0.25, 0.3) is 0 Å². The van der Waals surface area contributed by atoms with Gasteiger partial charge in [0.1, 0.15) is 0 Å². The second kappa shape index (κ2) is 6.47. The number of anilines is 1. The van der Waals surface area contributed by atoms with E-state index >= 15 is 0 Å². The van der Waals surface area contributed by atoms with Gasteiger partial charge in [0, 0.05) is 24.7 Å². The molecule has 1 saturated carbocycles. The Kier molecular flexibility index (Phi) is 4.82. The largest absolute Gasteiger partial charge is 0.364 e. The fourth-order valence-corrected chi connectivity index (χ4v) is 4.54. The number of nitrogens with one attached hydrogen (secondary N) is 1. The fraction of sp³-hybridized carbons (Fsp3) is 0.647. The van der Waals surface area contributed by atoms with Gasteiger partial charge in [0.15, 0.2) is 0 Å². The van der Waals surface area contributed by atoms with Gasteiger partial charge in [0.05, 0.1) is 15.2 Å². The molecule has 1 aliphatic heterocycles. The lowest BCUT2D eigenvalue weighted by molar-refractivity contribution is 0.195. The van der Waals surface area contributed by atoms with E-state index in [2.05, 4.69) is 45.2 Å². The van der Waals surface area contributed by atoms with E-state index in [4.69, 9.17) is 11.6 Å². The molecule has 2 aliphatic rings. The second-order valence-electron chi connectivity index (χ2n) is 6.48. The summed E-state index contributed by atoms with van der Waals surface area (Å²) in [6, 6.07) is 6.76. The normalized spacial score (nSPS) is 25.3. The van der Waals surface area contributed by atoms with E-state index in [0.717, 1.165) is 29.0 Å². The summed E-state index contributed by atoms with van der Waals surface area (Å²) in [6.45, 7) is 4.45. The Labute approximate surface area is 141 Å². The Balaban J connectivity index is 1.90. The zero-order chi connectivity index (χ0) is 14.9. The number of rotatable bonds is 2. The van der Waals surface area contributed by atoms with Crippen LogP contribution in [-0.4, -0.2) is 24.7 Å². The van der Waals surface area contributed by atoms with Gasteiger partial charge in [-0.3, -0.25) is 0 Å². The molecular formula is C17H24BrClN2. The molecular weight excluding hydrogens is 348 g/mol. The zero-order valence-electron chi connectivity index (χ0n) is 12.7. The third kappa shape index (κ3) is 3.11. The average Bonchev–Trinajstić information content (AvgIpc) is 2.51. The predicted octanol–water partition coefficient (Wildman–Crippen LogP) is 4.99. The molecule has 0 bridgehead atoms. The molecule has 1 spiro atoms. The summed E-state index contributed by atoms with van der Waals surface area (Å²) in [5.74, 6) is 0. The van der Waals surface area contributed by atoms with E-state index in [1.54, 1.807) is 0 Å². The van der Waals surface area contributed by atoms with E-state index in [9.17, 15) is 0 Å². The summed E-state index contributed by atoms with van der Waals surface area (Å²) in [6.07, 6.45) is 7.86. The summed E-state index contributed by atoms with van der Waals surface area (Å²) >= 11 is 10.0. The lowest BCUT2D eigenvalue weighted by Crippen LogP contribution is -2.65. The minimum Gasteiger partial charge on any atom is -0.364 e. The van der Waals surface area contributed by atoms with Crippen molar-refractivity contribution in [2.24, 2.45) is 0 Å². The number of piperazine rings is 1. The van der Waals surface area contributed by atoms with Crippen molar-refractivity contribution in [2.45, 2.75) is 57.0 Å². The van der Waals surface area contributed by atoms with Gasteiger partial charge in [-0.05, 0) is 47.3 Å². The van der Waals surface area contributed by atoms with Crippen LogP contribution in [0, 0.1) is 0 Å². The molecule has 116 valence electrons. The highest BCUT2D eigenvalue weighted by molar-refractivity contribution is 9.10. The Morgan fingerprint density at radius 1 is 1.33 bits per heavy atom. The number of benzene rings is 1. The van der Waals surface area contributed by atoms with E-state index in [1.807, 2.05) is 6.07 Å². The van der Waals surface area contributed by atoms with Gasteiger partial charge < -0.3 is 10.2 Å². The van der Waals surface area contributed by atoms with Crippen LogP contribution in [0.25, 0.3) is 0 Å². The number of hydrogen-bond donors (Lipinski definition) is 1. The molecule has 1 aliphatic carbocycles. The Hall–Kier alpha value is -0.250. The molecule has 1 heterocycles. The molecule has 2 fully saturated rings. The fourth-order valence-electron chi connectivity index (χ4n) is 3.88. The van der Waals surface area contributed by atoms with E-state index < -0.39 is 0 Å². The highest BCUT2D eigenvalue weighted by Crippen LogP contribution is 2.39. The number of hydrogen-bond acceptors (Lipinski definition) is 2. The maximum Gasteiger partial charge on any atom is 0.0595 e. The van der Waals surface area contributed by atoms with Gasteiger partial charge in [-0.1, -0.05) is 43.9 Å². The van der Waals surface area contributed by atoms with Gasteiger partial charge in [-0.25, -0.2) is 0 Å². The van der Waals surface area contributed by atoms with Crippen molar-refractivity contribution in [2.75, 3.05) is 18.0 Å². The molecule has 1 saturated heterocycles. The third-order valence-electron chi connectivity index (χ3n) is 5.15. The van der Waals surface area contributed by atoms with Crippen LogP contribution in [0.3, 0.4) is 0 Å². The molecule has 3 rings (SSSR count). The molecule has 0 amide bonds. The van der Waals surface area contributed by atoms with Crippen LogP contribution >= 0.6 is 27.5 Å². The first-order valence-electron chi connectivity index (χ1n) is 8.11. The Morgan fingerprint density at radius 3 is 2.81 bits per heavy atom. The van der Waals surface area contributed by atoms with Crippen molar-refractivity contribution < 1.29 is 0 Å². The van der Waals surface area contributed by atoms with Crippen molar-refractivity contribution >= 4 is 33.2 Å². The first-order chi connectivity index (χ1) is 10.2. The van der Waals surface area contributed by atoms with Crippen molar-refractivity contribution in [1.82, 2.24) is 5.32 Å². The van der Waals surface area contributed by atoms with Crippen molar-refractivity contribution in [3.63, 3.8) is 0 Å². The van der Waals surface area contributed by atoms with Gasteiger partial charge in [-0.15, -0.1) is 0 Å². The predicted molar refractivity (Wildman–Crippen MR) is 94.4 cm³/mol. The first-order valence-corrected chi connectivity index (χ1v) is 9.28. The Morgan fingerprint density at radius 2 is 2.10 bits per heavy atom. The summed E-state index contributed by atoms with van der Waals surface area (Å²) < 4.78 is 1.04. The monoisotopic (exact) mass is 370 g/mol. The van der Waals surface area contributed by atoms with Crippen LogP contribution in [-0.2, 0) is 0 Å². The quantitative estimate of drug-likeness (QED) is 0.787. The minimum atomic E-state index is 0.311. The zero-order valence-corrected chi connectivity index (χ0v) is 15.0. The van der Waals surface area contributed by atoms with E-state index in [1.165, 1.54) is 37.8 Å². The third-order valence-corrected chi connectivity index (χ3v) is 6.53. The van der Waals surface area contributed by atoms with Crippen LogP contribution in [0.4, 0.5) is 5.69 Å². The molecule has 1 aromatic rings. The molecule has 4 heteroatoms. The smallest absolute Gasteiger partial charge is 0.0595 e. The summed E-state index contributed by atoms with van der Waals surface area (Å²) in [5.41, 5.74) is 1.56. The van der Waals surface area contributed by atoms with Gasteiger partial charge >= 0.3 is 0 Å². The first kappa shape index (κ1) is 15.6. The number of nitrogens with zero attached hydrogens (tertiary/aromatic N) is 1. The highest BCUT2D eigenvalue weighted by Gasteiger charge is 2.39. The topological polar surface area (TPSA) is 15.3 Å². The molecule has 1 N–H and O–H groups in total. The van der Waals surface area contributed by atoms with Crippen LogP contribution in [0.15, 0.2) is 22.7 Å². The molecule has 1 atom stereocenters. The maximum atomic E-state index is 6.31. The highest BCUT2D eigenvalue weighted by atomic mass is 79.9. The van der Waals surface area contributed by atoms with Crippen LogP contribution in [0.5, 0.6) is 0 Å². The van der Waals surface area contributed by atoms with Crippen molar-refractivity contribution in [1.29, 1.82) is 0 Å². The van der Waals surface area contributed by atoms with Crippen LogP contribution < -0.4 is 10.2 Å². The average molecular weight is 372 g/mol. The van der Waals surface area contributed by atoms with Crippen LogP contribution in [0.2, 0.25) is 5.02 Å². The lowest BCUT2D eigenvalue weighted by Gasteiger charge is -2.50. The molecule has 0 radical (unpaired) electrons. The van der Waals surface area contributed by atoms with Crippen LogP contribution in [0.1, 0.15) is 45.4 Å². The molecule has 1 aromatic carbocycles. The second-order valence-corrected chi connectivity index (χ2v) is 7.69. The molecule has 2 nitrogen and oxygen atoms in total. The van der Waals surface area contributed by atoms with Crippen molar-refractivity contribution in [3.8, 4) is 0 Å². The lowest BCUT2D eigenvalue weighted by atomic mass is 9.79. The number of halogens is 2. The maximum absolute atomic E-state index is 6.31. The van der Waals surface area contributed by atoms with E-state index in [-0.39, 0.29) is 0 Å². The standard InChI is InChI=1S/C17H24BrClN2/c1-2-13-11-20-17(9-4-3-5-10-17)12-21(13)15-8-6-7-14(19)16(15)18/h6-8,13,20H,2-5,9-12H2,1H3. The molecule has 21 heavy (non-hydrogen) atoms. The summed E-state index contributed by atoms with van der Waals surface area (Å²) in [7, 11) is 0. The SMILES string of the molecule is CCC1CNC2(CCCCC2)CN1c1cccc(Cl)c1Br. The summed E-state index contributed by atoms with van der Waals surface area (Å²) in [5, 5.41) is 4.68. The summed E-state index contributed by atoms with van der Waals surface area (Å²) in [4.78, 5) is 2.58. The molecule has 0 aromatic heterocycles.